The van der Waals surface area contributed by atoms with E-state index in [-0.39, 0.29) is 12.3 Å². The third kappa shape index (κ3) is 9.15. The van der Waals surface area contributed by atoms with Gasteiger partial charge in [0.15, 0.2) is 0 Å². The Morgan fingerprint density at radius 1 is 1.39 bits per heavy atom. The van der Waals surface area contributed by atoms with E-state index >= 15 is 0 Å². The normalized spacial score (nSPS) is 13.1. The van der Waals surface area contributed by atoms with Gasteiger partial charge >= 0.3 is 12.1 Å². The topological polar surface area (TPSA) is 66.4 Å². The van der Waals surface area contributed by atoms with E-state index in [2.05, 4.69) is 5.32 Å². The maximum atomic E-state index is 11.8. The molecule has 0 aliphatic heterocycles. The van der Waals surface area contributed by atoms with Gasteiger partial charge in [-0.1, -0.05) is 13.3 Å². The summed E-state index contributed by atoms with van der Waals surface area (Å²) in [4.78, 5) is 21.9. The first-order valence-electron chi connectivity index (χ1n) is 5.40. The molecule has 1 unspecified atom stereocenters. The molecule has 0 aromatic rings. The average Bonchev–Trinajstić information content (AvgIpc) is 2.21. The lowest BCUT2D eigenvalue weighted by Crippen LogP contribution is -2.34. The van der Waals surface area contributed by atoms with Crippen molar-refractivity contribution in [1.82, 2.24) is 5.32 Å². The molecule has 1 atom stereocenters. The van der Waals surface area contributed by atoms with E-state index in [4.69, 9.17) is 5.11 Å². The summed E-state index contributed by atoms with van der Waals surface area (Å²) >= 11 is 0.457. The Balaban J connectivity index is 3.84. The van der Waals surface area contributed by atoms with Crippen LogP contribution in [0.4, 0.5) is 13.2 Å². The van der Waals surface area contributed by atoms with Gasteiger partial charge in [-0.3, -0.25) is 9.59 Å². The summed E-state index contributed by atoms with van der Waals surface area (Å²) in [6.45, 7) is 1.77. The molecule has 0 bridgehead atoms. The minimum Gasteiger partial charge on any atom is -0.481 e. The molecular weight excluding hydrogens is 271 g/mol. The van der Waals surface area contributed by atoms with E-state index in [1.165, 1.54) is 0 Å². The number of carbonyl (C=O) groups excluding carboxylic acids is 1. The van der Waals surface area contributed by atoms with Gasteiger partial charge in [0.05, 0.1) is 17.4 Å². The number of amides is 1. The molecule has 0 saturated carbocycles. The molecular formula is C10H16F3NO3S. The number of rotatable bonds is 8. The van der Waals surface area contributed by atoms with Crippen LogP contribution < -0.4 is 5.32 Å². The zero-order valence-electron chi connectivity index (χ0n) is 9.92. The van der Waals surface area contributed by atoms with E-state index < -0.39 is 29.7 Å². The predicted octanol–water partition coefficient (Wildman–Crippen LogP) is 1.90. The second-order valence-corrected chi connectivity index (χ2v) is 4.72. The van der Waals surface area contributed by atoms with Crippen LogP contribution >= 0.6 is 11.8 Å². The van der Waals surface area contributed by atoms with Gasteiger partial charge in [-0.05, 0) is 6.42 Å². The summed E-state index contributed by atoms with van der Waals surface area (Å²) in [5, 5.41) is 11.1. The first-order valence-corrected chi connectivity index (χ1v) is 6.55. The summed E-state index contributed by atoms with van der Waals surface area (Å²) in [6, 6.07) is 0. The molecule has 0 aromatic carbocycles. The monoisotopic (exact) mass is 287 g/mol. The van der Waals surface area contributed by atoms with Gasteiger partial charge < -0.3 is 10.4 Å². The molecule has 0 fully saturated rings. The van der Waals surface area contributed by atoms with Gasteiger partial charge in [0.25, 0.3) is 0 Å². The number of aliphatic carboxylic acids is 1. The first kappa shape index (κ1) is 17.1. The van der Waals surface area contributed by atoms with Crippen molar-refractivity contribution >= 4 is 23.6 Å². The van der Waals surface area contributed by atoms with Gasteiger partial charge in [0.2, 0.25) is 5.91 Å². The fourth-order valence-electron chi connectivity index (χ4n) is 1.21. The summed E-state index contributed by atoms with van der Waals surface area (Å²) < 4.78 is 35.4. The van der Waals surface area contributed by atoms with Crippen molar-refractivity contribution in [3.8, 4) is 0 Å². The Labute approximate surface area is 107 Å². The van der Waals surface area contributed by atoms with Crippen LogP contribution in [0.15, 0.2) is 0 Å². The average molecular weight is 287 g/mol. The third-order valence-electron chi connectivity index (χ3n) is 2.03. The standard InChI is InChI=1S/C10H16F3NO3S/c1-2-3-7(9(16)17)4-14-8(15)5-18-6-10(11,12)13/h7H,2-6H2,1H3,(H,14,15)(H,16,17). The predicted molar refractivity (Wildman–Crippen MR) is 62.4 cm³/mol. The van der Waals surface area contributed by atoms with Crippen LogP contribution in [0.2, 0.25) is 0 Å². The lowest BCUT2D eigenvalue weighted by Gasteiger charge is -2.12. The molecule has 0 aliphatic carbocycles. The van der Waals surface area contributed by atoms with Crippen LogP contribution in [0, 0.1) is 5.92 Å². The van der Waals surface area contributed by atoms with Crippen LogP contribution in [-0.4, -0.2) is 41.2 Å². The van der Waals surface area contributed by atoms with Crippen LogP contribution in [0.5, 0.6) is 0 Å². The van der Waals surface area contributed by atoms with Crippen LogP contribution in [0.25, 0.3) is 0 Å². The summed E-state index contributed by atoms with van der Waals surface area (Å²) in [7, 11) is 0. The highest BCUT2D eigenvalue weighted by molar-refractivity contribution is 8.00. The SMILES string of the molecule is CCCC(CNC(=O)CSCC(F)(F)F)C(=O)O. The number of carbonyl (C=O) groups is 2. The molecule has 1 amide bonds. The number of carboxylic acids is 1. The lowest BCUT2D eigenvalue weighted by molar-refractivity contribution is -0.141. The Kier molecular flexibility index (Phi) is 7.81. The lowest BCUT2D eigenvalue weighted by atomic mass is 10.0. The number of hydrogen-bond donors (Lipinski definition) is 2. The minimum absolute atomic E-state index is 0.0470. The van der Waals surface area contributed by atoms with E-state index in [9.17, 15) is 22.8 Å². The quantitative estimate of drug-likeness (QED) is 0.715. The Morgan fingerprint density at radius 2 is 2.00 bits per heavy atom. The summed E-state index contributed by atoms with van der Waals surface area (Å²) in [5.74, 6) is -3.69. The molecule has 0 aliphatic rings. The van der Waals surface area contributed by atoms with Crippen molar-refractivity contribution in [2.45, 2.75) is 25.9 Å². The molecule has 4 nitrogen and oxygen atoms in total. The van der Waals surface area contributed by atoms with Crippen molar-refractivity contribution < 1.29 is 27.9 Å². The van der Waals surface area contributed by atoms with E-state index in [1.807, 2.05) is 6.92 Å². The van der Waals surface area contributed by atoms with Crippen LogP contribution in [0.3, 0.4) is 0 Å². The molecule has 0 spiro atoms. The van der Waals surface area contributed by atoms with Crippen molar-refractivity contribution in [1.29, 1.82) is 0 Å². The highest BCUT2D eigenvalue weighted by Gasteiger charge is 2.27. The number of carboxylic acid groups (broad SMARTS) is 1. The molecule has 0 radical (unpaired) electrons. The molecule has 0 aromatic heterocycles. The fourth-order valence-corrected chi connectivity index (χ4v) is 1.83. The zero-order chi connectivity index (χ0) is 14.2. The number of nitrogens with one attached hydrogen (secondary N) is 1. The van der Waals surface area contributed by atoms with Crippen molar-refractivity contribution in [3.05, 3.63) is 0 Å². The third-order valence-corrected chi connectivity index (χ3v) is 3.03. The molecule has 2 N–H and O–H groups in total. The maximum absolute atomic E-state index is 11.8. The number of hydrogen-bond acceptors (Lipinski definition) is 3. The molecule has 0 saturated heterocycles. The number of halogens is 3. The fraction of sp³-hybridized carbons (Fsp3) is 0.800. The van der Waals surface area contributed by atoms with Crippen molar-refractivity contribution in [2.24, 2.45) is 5.92 Å². The maximum Gasteiger partial charge on any atom is 0.397 e. The number of alkyl halides is 3. The van der Waals surface area contributed by atoms with Crippen molar-refractivity contribution in [3.63, 3.8) is 0 Å². The molecule has 0 rings (SSSR count). The second-order valence-electron chi connectivity index (χ2n) is 3.74. The van der Waals surface area contributed by atoms with Gasteiger partial charge in [0, 0.05) is 6.54 Å². The molecule has 106 valence electrons. The second kappa shape index (κ2) is 8.23. The summed E-state index contributed by atoms with van der Waals surface area (Å²) in [5.41, 5.74) is 0. The summed E-state index contributed by atoms with van der Waals surface area (Å²) in [6.07, 6.45) is -3.21. The highest BCUT2D eigenvalue weighted by atomic mass is 32.2. The molecule has 8 heteroatoms. The van der Waals surface area contributed by atoms with E-state index in [0.717, 1.165) is 0 Å². The Bertz CT molecular complexity index is 284. The number of thioether (sulfide) groups is 1. The van der Waals surface area contributed by atoms with Crippen LogP contribution in [-0.2, 0) is 9.59 Å². The van der Waals surface area contributed by atoms with Gasteiger partial charge in [-0.25, -0.2) is 0 Å². The smallest absolute Gasteiger partial charge is 0.397 e. The zero-order valence-corrected chi connectivity index (χ0v) is 10.7. The van der Waals surface area contributed by atoms with Gasteiger partial charge in [0.1, 0.15) is 0 Å². The Hall–Kier alpha value is -0.920. The first-order chi connectivity index (χ1) is 8.26. The minimum atomic E-state index is -4.29. The van der Waals surface area contributed by atoms with Crippen LogP contribution in [0.1, 0.15) is 19.8 Å². The largest absolute Gasteiger partial charge is 0.481 e. The van der Waals surface area contributed by atoms with E-state index in [1.54, 1.807) is 0 Å². The highest BCUT2D eigenvalue weighted by Crippen LogP contribution is 2.20. The van der Waals surface area contributed by atoms with Gasteiger partial charge in [-0.15, -0.1) is 11.8 Å². The molecule has 18 heavy (non-hydrogen) atoms. The van der Waals surface area contributed by atoms with Gasteiger partial charge in [-0.2, -0.15) is 13.2 Å². The van der Waals surface area contributed by atoms with E-state index in [0.29, 0.717) is 24.6 Å². The van der Waals surface area contributed by atoms with Crippen molar-refractivity contribution in [2.75, 3.05) is 18.1 Å². The Morgan fingerprint density at radius 3 is 2.44 bits per heavy atom. The molecule has 0 heterocycles.